The van der Waals surface area contributed by atoms with Crippen molar-refractivity contribution in [2.24, 2.45) is 0 Å². The summed E-state index contributed by atoms with van der Waals surface area (Å²) in [6.45, 7) is 4.05. The van der Waals surface area contributed by atoms with Crippen LogP contribution >= 0.6 is 23.2 Å². The van der Waals surface area contributed by atoms with Gasteiger partial charge < -0.3 is 10.2 Å². The monoisotopic (exact) mass is 497 g/mol. The molecule has 0 radical (unpaired) electrons. The Labute approximate surface area is 208 Å². The molecule has 8 heteroatoms. The summed E-state index contributed by atoms with van der Waals surface area (Å²) in [5.41, 5.74) is 1.92. The summed E-state index contributed by atoms with van der Waals surface area (Å²) >= 11 is 12.4. The topological polar surface area (TPSA) is 69.7 Å². The largest absolute Gasteiger partial charge is 0.354 e. The van der Waals surface area contributed by atoms with Crippen molar-refractivity contribution in [3.05, 3.63) is 75.8 Å². The SMILES string of the molecule is CCCNC(=O)[C@H](C)N(Cc1ccc(Cl)cc1Cl)C(=O)CN1C(=O)c2cccc3cccc1c23. The van der Waals surface area contributed by atoms with Crippen molar-refractivity contribution in [2.45, 2.75) is 32.9 Å². The third-order valence-electron chi connectivity index (χ3n) is 6.01. The van der Waals surface area contributed by atoms with Gasteiger partial charge in [-0.1, -0.05) is 60.5 Å². The molecule has 3 aromatic rings. The van der Waals surface area contributed by atoms with Gasteiger partial charge in [-0.2, -0.15) is 0 Å². The van der Waals surface area contributed by atoms with Crippen LogP contribution < -0.4 is 10.2 Å². The Hall–Kier alpha value is -3.09. The molecule has 1 aliphatic heterocycles. The smallest absolute Gasteiger partial charge is 0.259 e. The lowest BCUT2D eigenvalue weighted by atomic mass is 10.1. The van der Waals surface area contributed by atoms with E-state index in [2.05, 4.69) is 5.32 Å². The van der Waals surface area contributed by atoms with E-state index in [-0.39, 0.29) is 30.8 Å². The van der Waals surface area contributed by atoms with Crippen LogP contribution in [0.3, 0.4) is 0 Å². The average molecular weight is 498 g/mol. The third-order valence-corrected chi connectivity index (χ3v) is 6.60. The Bertz CT molecular complexity index is 1270. The fourth-order valence-corrected chi connectivity index (χ4v) is 4.64. The van der Waals surface area contributed by atoms with Crippen molar-refractivity contribution in [1.82, 2.24) is 10.2 Å². The Morgan fingerprint density at radius 1 is 1.09 bits per heavy atom. The molecule has 1 aliphatic rings. The predicted molar refractivity (Wildman–Crippen MR) is 135 cm³/mol. The highest BCUT2D eigenvalue weighted by Gasteiger charge is 2.34. The molecule has 0 spiro atoms. The standard InChI is InChI=1S/C26H25Cl2N3O3/c1-3-12-29-25(33)16(2)30(14-18-10-11-19(27)13-21(18)28)23(32)15-31-22-9-5-7-17-6-4-8-20(24(17)22)26(31)34/h4-11,13,16H,3,12,14-15H2,1-2H3,(H,29,33)/t16-/m0/s1. The molecule has 0 saturated heterocycles. The third kappa shape index (κ3) is 4.61. The fraction of sp³-hybridized carbons (Fsp3) is 0.269. The van der Waals surface area contributed by atoms with Crippen LogP contribution in [0, 0.1) is 0 Å². The molecular formula is C26H25Cl2N3O3. The van der Waals surface area contributed by atoms with Crippen molar-refractivity contribution in [3.8, 4) is 0 Å². The second-order valence-electron chi connectivity index (χ2n) is 8.30. The number of halogens is 2. The summed E-state index contributed by atoms with van der Waals surface area (Å²) in [7, 11) is 0. The minimum absolute atomic E-state index is 0.106. The summed E-state index contributed by atoms with van der Waals surface area (Å²) in [5, 5.41) is 5.50. The van der Waals surface area contributed by atoms with Crippen molar-refractivity contribution in [3.63, 3.8) is 0 Å². The molecule has 3 amide bonds. The number of benzene rings is 3. The lowest BCUT2D eigenvalue weighted by Crippen LogP contribution is -2.51. The van der Waals surface area contributed by atoms with E-state index >= 15 is 0 Å². The Balaban J connectivity index is 1.63. The lowest BCUT2D eigenvalue weighted by Gasteiger charge is -2.31. The maximum Gasteiger partial charge on any atom is 0.259 e. The summed E-state index contributed by atoms with van der Waals surface area (Å²) in [6.07, 6.45) is 0.778. The number of carbonyl (C=O) groups excluding carboxylic acids is 3. The van der Waals surface area contributed by atoms with Crippen molar-refractivity contribution >= 4 is 57.4 Å². The normalized spacial score (nSPS) is 13.3. The maximum absolute atomic E-state index is 13.6. The molecule has 0 aromatic heterocycles. The zero-order chi connectivity index (χ0) is 24.4. The molecular weight excluding hydrogens is 473 g/mol. The van der Waals surface area contributed by atoms with Gasteiger partial charge in [0, 0.05) is 34.1 Å². The summed E-state index contributed by atoms with van der Waals surface area (Å²) in [6, 6.07) is 15.4. The van der Waals surface area contributed by atoms with Gasteiger partial charge in [-0.05, 0) is 48.6 Å². The quantitative estimate of drug-likeness (QED) is 0.473. The van der Waals surface area contributed by atoms with Gasteiger partial charge in [0.25, 0.3) is 5.91 Å². The molecule has 3 aromatic carbocycles. The van der Waals surface area contributed by atoms with E-state index < -0.39 is 6.04 Å². The minimum Gasteiger partial charge on any atom is -0.354 e. The van der Waals surface area contributed by atoms with Gasteiger partial charge >= 0.3 is 0 Å². The van der Waals surface area contributed by atoms with E-state index in [1.165, 1.54) is 9.80 Å². The number of amides is 3. The first-order valence-corrected chi connectivity index (χ1v) is 11.9. The Morgan fingerprint density at radius 2 is 1.82 bits per heavy atom. The van der Waals surface area contributed by atoms with E-state index in [1.807, 2.05) is 37.3 Å². The van der Waals surface area contributed by atoms with Gasteiger partial charge in [-0.25, -0.2) is 0 Å². The molecule has 1 N–H and O–H groups in total. The van der Waals surface area contributed by atoms with Crippen LogP contribution in [-0.4, -0.2) is 41.8 Å². The van der Waals surface area contributed by atoms with Crippen LogP contribution in [0.15, 0.2) is 54.6 Å². The first kappa shape index (κ1) is 24.0. The predicted octanol–water partition coefficient (Wildman–Crippen LogP) is 5.05. The van der Waals surface area contributed by atoms with E-state index in [0.717, 1.165) is 17.2 Å². The van der Waals surface area contributed by atoms with Crippen LogP contribution in [0.5, 0.6) is 0 Å². The van der Waals surface area contributed by atoms with Gasteiger partial charge in [0.1, 0.15) is 12.6 Å². The molecule has 0 aliphatic carbocycles. The highest BCUT2D eigenvalue weighted by atomic mass is 35.5. The Kier molecular flexibility index (Phi) is 7.10. The second-order valence-corrected chi connectivity index (χ2v) is 9.14. The van der Waals surface area contributed by atoms with Gasteiger partial charge in [0.05, 0.1) is 5.69 Å². The highest BCUT2D eigenvalue weighted by Crippen LogP contribution is 2.37. The number of nitrogens with one attached hydrogen (secondary N) is 1. The van der Waals surface area contributed by atoms with E-state index in [1.54, 1.807) is 31.2 Å². The van der Waals surface area contributed by atoms with E-state index in [9.17, 15) is 14.4 Å². The minimum atomic E-state index is -0.762. The molecule has 4 rings (SSSR count). The first-order valence-electron chi connectivity index (χ1n) is 11.2. The van der Waals surface area contributed by atoms with Gasteiger partial charge in [0.2, 0.25) is 11.8 Å². The molecule has 34 heavy (non-hydrogen) atoms. The zero-order valence-corrected chi connectivity index (χ0v) is 20.5. The first-order chi connectivity index (χ1) is 16.3. The Morgan fingerprint density at radius 3 is 2.53 bits per heavy atom. The van der Waals surface area contributed by atoms with Crippen LogP contribution in [0.25, 0.3) is 10.8 Å². The van der Waals surface area contributed by atoms with Crippen LogP contribution in [0.4, 0.5) is 5.69 Å². The van der Waals surface area contributed by atoms with Gasteiger partial charge in [0.15, 0.2) is 0 Å². The van der Waals surface area contributed by atoms with Crippen molar-refractivity contribution in [1.29, 1.82) is 0 Å². The zero-order valence-electron chi connectivity index (χ0n) is 19.0. The molecule has 0 unspecified atom stereocenters. The summed E-state index contributed by atoms with van der Waals surface area (Å²) < 4.78 is 0. The number of anilines is 1. The van der Waals surface area contributed by atoms with E-state index in [0.29, 0.717) is 33.4 Å². The average Bonchev–Trinajstić information content (AvgIpc) is 3.09. The van der Waals surface area contributed by atoms with E-state index in [4.69, 9.17) is 23.2 Å². The number of hydrogen-bond acceptors (Lipinski definition) is 3. The highest BCUT2D eigenvalue weighted by molar-refractivity contribution is 6.35. The molecule has 1 heterocycles. The van der Waals surface area contributed by atoms with Crippen molar-refractivity contribution in [2.75, 3.05) is 18.0 Å². The number of carbonyl (C=O) groups is 3. The molecule has 176 valence electrons. The summed E-state index contributed by atoms with van der Waals surface area (Å²) in [5.74, 6) is -0.852. The van der Waals surface area contributed by atoms with Crippen LogP contribution in [0.1, 0.15) is 36.2 Å². The molecule has 1 atom stereocenters. The number of rotatable bonds is 8. The molecule has 0 fully saturated rings. The van der Waals surface area contributed by atoms with Crippen LogP contribution in [-0.2, 0) is 16.1 Å². The van der Waals surface area contributed by atoms with Crippen molar-refractivity contribution < 1.29 is 14.4 Å². The molecule has 6 nitrogen and oxygen atoms in total. The number of nitrogens with zero attached hydrogens (tertiary/aromatic N) is 2. The molecule has 0 bridgehead atoms. The molecule has 0 saturated carbocycles. The second kappa shape index (κ2) is 10.0. The van der Waals surface area contributed by atoms with Gasteiger partial charge in [-0.15, -0.1) is 0 Å². The lowest BCUT2D eigenvalue weighted by molar-refractivity contribution is -0.139. The summed E-state index contributed by atoms with van der Waals surface area (Å²) in [4.78, 5) is 42.5. The number of hydrogen-bond donors (Lipinski definition) is 1. The van der Waals surface area contributed by atoms with Gasteiger partial charge in [-0.3, -0.25) is 19.3 Å². The maximum atomic E-state index is 13.6. The fourth-order valence-electron chi connectivity index (χ4n) is 4.17. The van der Waals surface area contributed by atoms with Crippen LogP contribution in [0.2, 0.25) is 10.0 Å².